The number of amides is 1. The Bertz CT molecular complexity index is 1010. The Kier molecular flexibility index (Phi) is 8.74. The van der Waals surface area contributed by atoms with Crippen molar-refractivity contribution in [2.24, 2.45) is 5.92 Å². The fourth-order valence-corrected chi connectivity index (χ4v) is 3.23. The number of nitrogens with one attached hydrogen (secondary N) is 2. The summed E-state index contributed by atoms with van der Waals surface area (Å²) in [6.45, 7) is 5.80. The molecule has 0 unspecified atom stereocenters. The van der Waals surface area contributed by atoms with Crippen molar-refractivity contribution in [2.45, 2.75) is 27.7 Å². The van der Waals surface area contributed by atoms with Gasteiger partial charge in [0.15, 0.2) is 6.61 Å². The third-order valence-corrected chi connectivity index (χ3v) is 4.63. The number of nitriles is 1. The Hall–Kier alpha value is -4.13. The molecule has 174 valence electrons. The summed E-state index contributed by atoms with van der Waals surface area (Å²) in [6, 6.07) is 8.07. The van der Waals surface area contributed by atoms with Gasteiger partial charge in [-0.2, -0.15) is 5.26 Å². The highest BCUT2D eigenvalue weighted by molar-refractivity contribution is 6.06. The molecule has 0 aliphatic carbocycles. The minimum absolute atomic E-state index is 0.0574. The lowest BCUT2D eigenvalue weighted by Gasteiger charge is -2.28. The molecular formula is C23H25N3O7. The molecule has 0 bridgehead atoms. The van der Waals surface area contributed by atoms with Crippen molar-refractivity contribution in [1.29, 1.82) is 5.26 Å². The van der Waals surface area contributed by atoms with E-state index in [0.717, 1.165) is 0 Å². The first kappa shape index (κ1) is 25.1. The second kappa shape index (κ2) is 11.5. The van der Waals surface area contributed by atoms with Crippen LogP contribution in [0.1, 0.15) is 33.3 Å². The van der Waals surface area contributed by atoms with Crippen molar-refractivity contribution in [2.75, 3.05) is 25.1 Å². The zero-order valence-electron chi connectivity index (χ0n) is 18.8. The minimum Gasteiger partial charge on any atom is -0.463 e. The molecule has 0 aromatic heterocycles. The van der Waals surface area contributed by atoms with Crippen LogP contribution in [0, 0.1) is 17.2 Å². The van der Waals surface area contributed by atoms with Gasteiger partial charge in [0, 0.05) is 17.1 Å². The highest BCUT2D eigenvalue weighted by atomic mass is 16.5. The summed E-state index contributed by atoms with van der Waals surface area (Å²) in [5.74, 6) is -4.62. The third kappa shape index (κ3) is 6.20. The summed E-state index contributed by atoms with van der Waals surface area (Å²) in [5.41, 5.74) is 1.28. The van der Waals surface area contributed by atoms with Crippen molar-refractivity contribution in [3.05, 3.63) is 52.4 Å². The van der Waals surface area contributed by atoms with Crippen LogP contribution in [-0.4, -0.2) is 43.6 Å². The number of nitrogens with zero attached hydrogens (tertiary/aromatic N) is 1. The Morgan fingerprint density at radius 2 is 1.45 bits per heavy atom. The molecular weight excluding hydrogens is 430 g/mol. The van der Waals surface area contributed by atoms with Gasteiger partial charge in [0.05, 0.1) is 36.0 Å². The Labute approximate surface area is 191 Å². The Balaban J connectivity index is 2.23. The lowest BCUT2D eigenvalue weighted by Crippen LogP contribution is -2.39. The first-order valence-electron chi connectivity index (χ1n) is 10.2. The molecule has 0 atom stereocenters. The van der Waals surface area contributed by atoms with Gasteiger partial charge < -0.3 is 24.8 Å². The molecule has 0 fully saturated rings. The van der Waals surface area contributed by atoms with Gasteiger partial charge >= 0.3 is 17.9 Å². The molecule has 0 spiro atoms. The molecule has 1 aromatic carbocycles. The monoisotopic (exact) mass is 455 g/mol. The summed E-state index contributed by atoms with van der Waals surface area (Å²) < 4.78 is 15.3. The molecule has 1 aliphatic rings. The third-order valence-electron chi connectivity index (χ3n) is 4.63. The van der Waals surface area contributed by atoms with Crippen LogP contribution >= 0.6 is 0 Å². The van der Waals surface area contributed by atoms with Crippen LogP contribution in [-0.2, 0) is 33.4 Å². The number of dihydropyridines is 1. The van der Waals surface area contributed by atoms with Crippen molar-refractivity contribution >= 4 is 29.5 Å². The average molecular weight is 455 g/mol. The van der Waals surface area contributed by atoms with E-state index in [2.05, 4.69) is 10.6 Å². The Morgan fingerprint density at radius 3 is 1.91 bits per heavy atom. The molecule has 10 nitrogen and oxygen atoms in total. The summed E-state index contributed by atoms with van der Waals surface area (Å²) in [7, 11) is 0. The van der Waals surface area contributed by atoms with Gasteiger partial charge in [0.2, 0.25) is 0 Å². The maximum atomic E-state index is 13.0. The number of ether oxygens (including phenoxy) is 3. The molecule has 1 aliphatic heterocycles. The second-order valence-electron chi connectivity index (χ2n) is 6.92. The van der Waals surface area contributed by atoms with E-state index >= 15 is 0 Å². The summed E-state index contributed by atoms with van der Waals surface area (Å²) in [4.78, 5) is 50.4. The molecule has 2 N–H and O–H groups in total. The first-order valence-corrected chi connectivity index (χ1v) is 10.2. The topological polar surface area (TPSA) is 144 Å². The largest absolute Gasteiger partial charge is 0.463 e. The molecule has 1 heterocycles. The number of hydrogen-bond acceptors (Lipinski definition) is 9. The number of esters is 3. The van der Waals surface area contributed by atoms with Gasteiger partial charge in [0.25, 0.3) is 5.91 Å². The van der Waals surface area contributed by atoms with E-state index in [9.17, 15) is 19.2 Å². The van der Waals surface area contributed by atoms with Crippen LogP contribution in [0.3, 0.4) is 0 Å². The quantitative estimate of drug-likeness (QED) is 0.444. The molecule has 0 saturated heterocycles. The number of carbonyl (C=O) groups excluding carboxylic acids is 4. The van der Waals surface area contributed by atoms with Crippen molar-refractivity contribution in [3.63, 3.8) is 0 Å². The number of benzene rings is 1. The lowest BCUT2D eigenvalue weighted by molar-refractivity contribution is -0.153. The molecule has 10 heteroatoms. The predicted octanol–water partition coefficient (Wildman–Crippen LogP) is 1.93. The van der Waals surface area contributed by atoms with Crippen molar-refractivity contribution < 1.29 is 33.4 Å². The van der Waals surface area contributed by atoms with Crippen LogP contribution in [0.5, 0.6) is 0 Å². The van der Waals surface area contributed by atoms with Crippen LogP contribution in [0.15, 0.2) is 46.8 Å². The van der Waals surface area contributed by atoms with Gasteiger partial charge in [-0.1, -0.05) is 0 Å². The second-order valence-corrected chi connectivity index (χ2v) is 6.92. The van der Waals surface area contributed by atoms with Gasteiger partial charge in [-0.25, -0.2) is 9.59 Å². The molecule has 33 heavy (non-hydrogen) atoms. The van der Waals surface area contributed by atoms with E-state index in [1.165, 1.54) is 24.3 Å². The fraction of sp³-hybridized carbons (Fsp3) is 0.348. The number of anilines is 1. The fourth-order valence-electron chi connectivity index (χ4n) is 3.23. The number of carbonyl (C=O) groups is 4. The highest BCUT2D eigenvalue weighted by Crippen LogP contribution is 2.32. The maximum Gasteiger partial charge on any atom is 0.337 e. The summed E-state index contributed by atoms with van der Waals surface area (Å²) in [6.07, 6.45) is 0. The summed E-state index contributed by atoms with van der Waals surface area (Å²) in [5, 5.41) is 14.3. The Morgan fingerprint density at radius 1 is 0.939 bits per heavy atom. The normalized spacial score (nSPS) is 13.5. The van der Waals surface area contributed by atoms with E-state index in [0.29, 0.717) is 22.6 Å². The number of rotatable bonds is 8. The van der Waals surface area contributed by atoms with Gasteiger partial charge in [-0.15, -0.1) is 0 Å². The SMILES string of the molecule is CCOC(=O)C1=C(C)NC(C)=C(C(=O)OCC)C1C(=O)OCC(=O)Nc1ccc(C#N)cc1. The number of allylic oxidation sites excluding steroid dienone is 2. The van der Waals surface area contributed by atoms with Gasteiger partial charge in [-0.05, 0) is 52.0 Å². The smallest absolute Gasteiger partial charge is 0.337 e. The van der Waals surface area contributed by atoms with Gasteiger partial charge in [0.1, 0.15) is 5.92 Å². The van der Waals surface area contributed by atoms with E-state index < -0.39 is 36.3 Å². The van der Waals surface area contributed by atoms with Crippen LogP contribution < -0.4 is 10.6 Å². The maximum absolute atomic E-state index is 13.0. The van der Waals surface area contributed by atoms with E-state index in [-0.39, 0.29) is 24.4 Å². The van der Waals surface area contributed by atoms with Gasteiger partial charge in [-0.3, -0.25) is 9.59 Å². The molecule has 0 saturated carbocycles. The first-order chi connectivity index (χ1) is 15.7. The van der Waals surface area contributed by atoms with Crippen LogP contribution in [0.4, 0.5) is 5.69 Å². The zero-order chi connectivity index (χ0) is 24.5. The molecule has 2 rings (SSSR count). The predicted molar refractivity (Wildman–Crippen MR) is 116 cm³/mol. The van der Waals surface area contributed by atoms with E-state index in [4.69, 9.17) is 19.5 Å². The van der Waals surface area contributed by atoms with E-state index in [1.54, 1.807) is 27.7 Å². The van der Waals surface area contributed by atoms with Crippen LogP contribution in [0.25, 0.3) is 0 Å². The van der Waals surface area contributed by atoms with E-state index in [1.807, 2.05) is 6.07 Å². The van der Waals surface area contributed by atoms with Crippen LogP contribution in [0.2, 0.25) is 0 Å². The highest BCUT2D eigenvalue weighted by Gasteiger charge is 2.42. The van der Waals surface area contributed by atoms with Crippen molar-refractivity contribution in [3.8, 4) is 6.07 Å². The molecule has 0 radical (unpaired) electrons. The lowest BCUT2D eigenvalue weighted by atomic mass is 9.85. The average Bonchev–Trinajstić information content (AvgIpc) is 2.77. The molecule has 1 aromatic rings. The minimum atomic E-state index is -1.42. The number of hydrogen-bond donors (Lipinski definition) is 2. The molecule has 1 amide bonds. The zero-order valence-corrected chi connectivity index (χ0v) is 18.8. The summed E-state index contributed by atoms with van der Waals surface area (Å²) >= 11 is 0. The standard InChI is InChI=1S/C23H25N3O7/c1-5-31-21(28)18-13(3)25-14(4)19(22(29)32-6-2)20(18)23(30)33-12-17(27)26-16-9-7-15(11-24)8-10-16/h7-10,20,25H,5-6,12H2,1-4H3,(H,26,27). The van der Waals surface area contributed by atoms with Crippen molar-refractivity contribution in [1.82, 2.24) is 5.32 Å².